The van der Waals surface area contributed by atoms with E-state index in [9.17, 15) is 14.4 Å². The molecular weight excluding hydrogens is 324 g/mol. The maximum Gasteiger partial charge on any atom is 0.344 e. The van der Waals surface area contributed by atoms with Crippen LogP contribution < -0.4 is 9.47 Å². The summed E-state index contributed by atoms with van der Waals surface area (Å²) in [5.41, 5.74) is 1.63. The number of ketones is 1. The van der Waals surface area contributed by atoms with Gasteiger partial charge in [-0.1, -0.05) is 0 Å². The highest BCUT2D eigenvalue weighted by molar-refractivity contribution is 5.94. The lowest BCUT2D eigenvalue weighted by molar-refractivity contribution is -0.147. The van der Waals surface area contributed by atoms with Crippen molar-refractivity contribution in [3.8, 4) is 11.5 Å². The summed E-state index contributed by atoms with van der Waals surface area (Å²) in [7, 11) is 1.50. The average Bonchev–Trinajstić information content (AvgIpc) is 2.64. The second-order valence-corrected chi connectivity index (χ2v) is 5.22. The van der Waals surface area contributed by atoms with Gasteiger partial charge in [-0.25, -0.2) is 4.79 Å². The molecule has 0 radical (unpaired) electrons. The highest BCUT2D eigenvalue weighted by atomic mass is 16.6. The number of methoxy groups -OCH3 is 1. The van der Waals surface area contributed by atoms with Crippen molar-refractivity contribution < 1.29 is 28.6 Å². The van der Waals surface area contributed by atoms with Gasteiger partial charge in [0.1, 0.15) is 24.4 Å². The molecule has 0 fully saturated rings. The molecule has 0 saturated carbocycles. The molecule has 130 valence electrons. The molecule has 6 heteroatoms. The first-order valence-electron chi connectivity index (χ1n) is 7.55. The molecule has 0 bridgehead atoms. The first kappa shape index (κ1) is 18.2. The van der Waals surface area contributed by atoms with Gasteiger partial charge < -0.3 is 14.2 Å². The van der Waals surface area contributed by atoms with E-state index in [0.717, 1.165) is 6.29 Å². The molecule has 2 aromatic rings. The van der Waals surface area contributed by atoms with Gasteiger partial charge in [-0.2, -0.15) is 0 Å². The lowest BCUT2D eigenvalue weighted by Gasteiger charge is -2.11. The highest BCUT2D eigenvalue weighted by Gasteiger charge is 2.11. The number of carbonyl (C=O) groups excluding carboxylic acids is 3. The van der Waals surface area contributed by atoms with Gasteiger partial charge in [-0.05, 0) is 49.4 Å². The van der Waals surface area contributed by atoms with E-state index in [1.807, 2.05) is 0 Å². The minimum atomic E-state index is -0.560. The standard InChI is InChI=1S/C19H18O6/c1-13(21)15-5-8-18(23-2)16(9-15)11-25-19(22)12-24-17-6-3-14(10-20)4-7-17/h3-10H,11-12H2,1-2H3. The fraction of sp³-hybridized carbons (Fsp3) is 0.211. The number of rotatable bonds is 8. The normalized spacial score (nSPS) is 10.0. The molecule has 6 nitrogen and oxygen atoms in total. The SMILES string of the molecule is COc1ccc(C(C)=O)cc1COC(=O)COc1ccc(C=O)cc1. The van der Waals surface area contributed by atoms with Crippen molar-refractivity contribution in [2.24, 2.45) is 0 Å². The van der Waals surface area contributed by atoms with Crippen molar-refractivity contribution in [2.45, 2.75) is 13.5 Å². The zero-order chi connectivity index (χ0) is 18.2. The fourth-order valence-electron chi connectivity index (χ4n) is 2.10. The van der Waals surface area contributed by atoms with Crippen molar-refractivity contribution in [1.29, 1.82) is 0 Å². The van der Waals surface area contributed by atoms with Gasteiger partial charge in [0.2, 0.25) is 0 Å². The van der Waals surface area contributed by atoms with Gasteiger partial charge in [0.05, 0.1) is 7.11 Å². The van der Waals surface area contributed by atoms with E-state index in [1.54, 1.807) is 42.5 Å². The van der Waals surface area contributed by atoms with Crippen LogP contribution >= 0.6 is 0 Å². The van der Waals surface area contributed by atoms with Crippen LogP contribution in [-0.2, 0) is 16.1 Å². The lowest BCUT2D eigenvalue weighted by Crippen LogP contribution is -2.15. The molecular formula is C19H18O6. The first-order chi connectivity index (χ1) is 12.0. The minimum Gasteiger partial charge on any atom is -0.496 e. The molecule has 0 heterocycles. The Hall–Kier alpha value is -3.15. The Balaban J connectivity index is 1.91. The van der Waals surface area contributed by atoms with Gasteiger partial charge in [0.25, 0.3) is 0 Å². The molecule has 2 rings (SSSR count). The Morgan fingerprint density at radius 2 is 1.80 bits per heavy atom. The van der Waals surface area contributed by atoms with Gasteiger partial charge in [0, 0.05) is 16.7 Å². The maximum atomic E-state index is 11.8. The topological polar surface area (TPSA) is 78.9 Å². The van der Waals surface area contributed by atoms with E-state index in [1.165, 1.54) is 14.0 Å². The zero-order valence-electron chi connectivity index (χ0n) is 14.0. The van der Waals surface area contributed by atoms with Crippen molar-refractivity contribution in [1.82, 2.24) is 0 Å². The number of benzene rings is 2. The molecule has 0 saturated heterocycles. The van der Waals surface area contributed by atoms with E-state index in [2.05, 4.69) is 0 Å². The van der Waals surface area contributed by atoms with Gasteiger partial charge >= 0.3 is 5.97 Å². The zero-order valence-corrected chi connectivity index (χ0v) is 14.0. The second kappa shape index (κ2) is 8.63. The molecule has 0 aromatic heterocycles. The number of ether oxygens (including phenoxy) is 3. The van der Waals surface area contributed by atoms with Crippen LogP contribution in [0.15, 0.2) is 42.5 Å². The summed E-state index contributed by atoms with van der Waals surface area (Å²) in [6.45, 7) is 1.16. The molecule has 0 aliphatic heterocycles. The molecule has 0 atom stereocenters. The monoisotopic (exact) mass is 342 g/mol. The largest absolute Gasteiger partial charge is 0.496 e. The van der Waals surface area contributed by atoms with Crippen LogP contribution in [0.4, 0.5) is 0 Å². The predicted octanol–water partition coefficient (Wildman–Crippen LogP) is 2.83. The molecule has 0 aliphatic rings. The summed E-state index contributed by atoms with van der Waals surface area (Å²) in [6, 6.07) is 11.3. The van der Waals surface area contributed by atoms with Crippen LogP contribution in [0.2, 0.25) is 0 Å². The predicted molar refractivity (Wildman–Crippen MR) is 90.1 cm³/mol. The quantitative estimate of drug-likeness (QED) is 0.417. The third kappa shape index (κ3) is 5.17. The summed E-state index contributed by atoms with van der Waals surface area (Å²) in [5, 5.41) is 0. The summed E-state index contributed by atoms with van der Waals surface area (Å²) < 4.78 is 15.7. The fourth-order valence-corrected chi connectivity index (χ4v) is 2.10. The Morgan fingerprint density at radius 3 is 2.40 bits per heavy atom. The first-order valence-corrected chi connectivity index (χ1v) is 7.55. The maximum absolute atomic E-state index is 11.8. The van der Waals surface area contributed by atoms with Crippen LogP contribution in [0, 0.1) is 0 Å². The van der Waals surface area contributed by atoms with E-state index >= 15 is 0 Å². The van der Waals surface area contributed by atoms with E-state index in [4.69, 9.17) is 14.2 Å². The molecule has 0 unspecified atom stereocenters. The minimum absolute atomic E-state index is 0.0312. The summed E-state index contributed by atoms with van der Waals surface area (Å²) in [4.78, 5) is 33.8. The third-order valence-corrected chi connectivity index (χ3v) is 3.45. The van der Waals surface area contributed by atoms with Crippen molar-refractivity contribution >= 4 is 18.0 Å². The number of aldehydes is 1. The van der Waals surface area contributed by atoms with Crippen molar-refractivity contribution in [3.63, 3.8) is 0 Å². The van der Waals surface area contributed by atoms with E-state index < -0.39 is 5.97 Å². The van der Waals surface area contributed by atoms with Crippen LogP contribution in [-0.4, -0.2) is 31.8 Å². The Bertz CT molecular complexity index is 764. The molecule has 0 N–H and O–H groups in total. The van der Waals surface area contributed by atoms with E-state index in [0.29, 0.717) is 28.2 Å². The summed E-state index contributed by atoms with van der Waals surface area (Å²) in [6.07, 6.45) is 0.723. The van der Waals surface area contributed by atoms with E-state index in [-0.39, 0.29) is 19.0 Å². The number of Topliss-reactive ketones (excluding diaryl/α,β-unsaturated/α-hetero) is 1. The molecule has 2 aromatic carbocycles. The molecule has 0 aliphatic carbocycles. The highest BCUT2D eigenvalue weighted by Crippen LogP contribution is 2.21. The molecule has 0 spiro atoms. The summed E-state index contributed by atoms with van der Waals surface area (Å²) >= 11 is 0. The van der Waals surface area contributed by atoms with Crippen molar-refractivity contribution in [2.75, 3.05) is 13.7 Å². The Kier molecular flexibility index (Phi) is 6.28. The number of carbonyl (C=O) groups is 3. The van der Waals surface area contributed by atoms with Crippen LogP contribution in [0.25, 0.3) is 0 Å². The number of hydrogen-bond donors (Lipinski definition) is 0. The van der Waals surface area contributed by atoms with Gasteiger partial charge in [-0.15, -0.1) is 0 Å². The van der Waals surface area contributed by atoms with Crippen LogP contribution in [0.1, 0.15) is 33.2 Å². The molecule has 0 amide bonds. The summed E-state index contributed by atoms with van der Waals surface area (Å²) in [5.74, 6) is 0.342. The van der Waals surface area contributed by atoms with Crippen molar-refractivity contribution in [3.05, 3.63) is 59.2 Å². The smallest absolute Gasteiger partial charge is 0.344 e. The average molecular weight is 342 g/mol. The second-order valence-electron chi connectivity index (χ2n) is 5.22. The van der Waals surface area contributed by atoms with Gasteiger partial charge in [-0.3, -0.25) is 9.59 Å². The van der Waals surface area contributed by atoms with Crippen LogP contribution in [0.5, 0.6) is 11.5 Å². The Labute approximate surface area is 145 Å². The van der Waals surface area contributed by atoms with Gasteiger partial charge in [0.15, 0.2) is 12.4 Å². The van der Waals surface area contributed by atoms with Crippen LogP contribution in [0.3, 0.4) is 0 Å². The molecule has 25 heavy (non-hydrogen) atoms. The number of esters is 1. The number of hydrogen-bond acceptors (Lipinski definition) is 6. The Morgan fingerprint density at radius 1 is 1.08 bits per heavy atom. The third-order valence-electron chi connectivity index (χ3n) is 3.45. The lowest BCUT2D eigenvalue weighted by atomic mass is 10.1.